The summed E-state index contributed by atoms with van der Waals surface area (Å²) in [6, 6.07) is 15.4. The summed E-state index contributed by atoms with van der Waals surface area (Å²) in [6.45, 7) is 7.05. The van der Waals surface area contributed by atoms with E-state index in [1.54, 1.807) is 18.3 Å². The van der Waals surface area contributed by atoms with Crippen LogP contribution in [0.3, 0.4) is 0 Å². The van der Waals surface area contributed by atoms with Crippen LogP contribution in [0.4, 0.5) is 10.2 Å². The van der Waals surface area contributed by atoms with Gasteiger partial charge in [0.15, 0.2) is 11.6 Å². The van der Waals surface area contributed by atoms with Crippen molar-refractivity contribution in [2.24, 2.45) is 0 Å². The molecular formula is C28H31ClFN4O. The summed E-state index contributed by atoms with van der Waals surface area (Å²) < 4.78 is 19.9. The zero-order valence-electron chi connectivity index (χ0n) is 19.8. The lowest BCUT2D eigenvalue weighted by molar-refractivity contribution is 0.225. The van der Waals surface area contributed by atoms with Gasteiger partial charge < -0.3 is 15.4 Å². The molecule has 7 heteroatoms. The maximum absolute atomic E-state index is 14.1. The van der Waals surface area contributed by atoms with Gasteiger partial charge >= 0.3 is 0 Å². The molecule has 2 fully saturated rings. The number of likely N-dealkylation sites (tertiary alicyclic amines) is 2. The first kappa shape index (κ1) is 24.0. The first-order valence-electron chi connectivity index (χ1n) is 12.3. The highest BCUT2D eigenvalue weighted by Crippen LogP contribution is 2.30. The number of hydrogen-bond acceptors (Lipinski definition) is 5. The van der Waals surface area contributed by atoms with Crippen LogP contribution < -0.4 is 10.5 Å². The monoisotopic (exact) mass is 493 g/mol. The maximum atomic E-state index is 14.1. The molecule has 3 heterocycles. The molecule has 0 bridgehead atoms. The number of ether oxygens (including phenoxy) is 1. The van der Waals surface area contributed by atoms with E-state index in [1.807, 2.05) is 6.07 Å². The average Bonchev–Trinajstić information content (AvgIpc) is 3.53. The summed E-state index contributed by atoms with van der Waals surface area (Å²) in [7, 11) is 0. The number of aromatic nitrogens is 1. The van der Waals surface area contributed by atoms with Crippen LogP contribution in [-0.4, -0.2) is 47.0 Å². The smallest absolute Gasteiger partial charge is 0.166 e. The second kappa shape index (κ2) is 10.9. The summed E-state index contributed by atoms with van der Waals surface area (Å²) in [4.78, 5) is 9.40. The van der Waals surface area contributed by atoms with Gasteiger partial charge in [-0.25, -0.2) is 9.37 Å². The van der Waals surface area contributed by atoms with Crippen LogP contribution in [0.25, 0.3) is 11.1 Å². The van der Waals surface area contributed by atoms with Crippen molar-refractivity contribution in [3.63, 3.8) is 0 Å². The third-order valence-electron chi connectivity index (χ3n) is 6.96. The Hall–Kier alpha value is -2.67. The SMILES string of the molecule is Nc1ncc(-c2ccc([CH]N3CCC[C@H]3CN3CCCC3)cc2)cc1OCc1c(F)cccc1Cl. The Bertz CT molecular complexity index is 1130. The van der Waals surface area contributed by atoms with E-state index in [0.29, 0.717) is 22.4 Å². The molecule has 3 aromatic rings. The van der Waals surface area contributed by atoms with Crippen molar-refractivity contribution in [3.8, 4) is 16.9 Å². The Labute approximate surface area is 211 Å². The third-order valence-corrected chi connectivity index (χ3v) is 7.32. The van der Waals surface area contributed by atoms with Crippen molar-refractivity contribution >= 4 is 17.4 Å². The summed E-state index contributed by atoms with van der Waals surface area (Å²) in [5.41, 5.74) is 9.40. The number of benzene rings is 2. The Morgan fingerprint density at radius 3 is 2.63 bits per heavy atom. The van der Waals surface area contributed by atoms with E-state index in [4.69, 9.17) is 22.1 Å². The largest absolute Gasteiger partial charge is 0.485 e. The molecule has 183 valence electrons. The molecule has 2 aromatic carbocycles. The first-order chi connectivity index (χ1) is 17.1. The fourth-order valence-corrected chi connectivity index (χ4v) is 5.21. The number of nitrogens with two attached hydrogens (primary N) is 1. The van der Waals surface area contributed by atoms with Gasteiger partial charge in [-0.15, -0.1) is 0 Å². The lowest BCUT2D eigenvalue weighted by atomic mass is 10.0. The Balaban J connectivity index is 1.24. The highest BCUT2D eigenvalue weighted by Gasteiger charge is 2.27. The second-order valence-electron chi connectivity index (χ2n) is 9.39. The molecular weight excluding hydrogens is 463 g/mol. The third kappa shape index (κ3) is 5.77. The van der Waals surface area contributed by atoms with Gasteiger partial charge in [-0.05, 0) is 74.6 Å². The van der Waals surface area contributed by atoms with Crippen molar-refractivity contribution in [3.05, 3.63) is 83.2 Å². The van der Waals surface area contributed by atoms with Gasteiger partial charge in [0.2, 0.25) is 0 Å². The van der Waals surface area contributed by atoms with Crippen LogP contribution >= 0.6 is 11.6 Å². The second-order valence-corrected chi connectivity index (χ2v) is 9.80. The molecule has 0 amide bonds. The van der Waals surface area contributed by atoms with Crippen LogP contribution in [0.1, 0.15) is 36.8 Å². The Morgan fingerprint density at radius 2 is 1.86 bits per heavy atom. The fourth-order valence-electron chi connectivity index (χ4n) is 4.99. The van der Waals surface area contributed by atoms with Crippen molar-refractivity contribution in [1.82, 2.24) is 14.8 Å². The minimum Gasteiger partial charge on any atom is -0.485 e. The predicted octanol–water partition coefficient (Wildman–Crippen LogP) is 5.77. The maximum Gasteiger partial charge on any atom is 0.166 e. The van der Waals surface area contributed by atoms with E-state index < -0.39 is 5.82 Å². The van der Waals surface area contributed by atoms with E-state index in [-0.39, 0.29) is 12.4 Å². The van der Waals surface area contributed by atoms with Crippen molar-refractivity contribution < 1.29 is 9.13 Å². The lowest BCUT2D eigenvalue weighted by Gasteiger charge is -2.28. The van der Waals surface area contributed by atoms with Crippen molar-refractivity contribution in [2.45, 2.75) is 38.3 Å². The van der Waals surface area contributed by atoms with E-state index >= 15 is 0 Å². The topological polar surface area (TPSA) is 54.6 Å². The number of pyridine rings is 1. The minimum absolute atomic E-state index is 0.0246. The quantitative estimate of drug-likeness (QED) is 0.431. The average molecular weight is 494 g/mol. The summed E-state index contributed by atoms with van der Waals surface area (Å²) >= 11 is 6.11. The standard InChI is InChI=1S/C28H31ClFN4O/c29-25-6-3-7-26(30)24(25)19-35-27-15-22(16-32-28(27)31)21-10-8-20(9-11-21)17-34-14-4-5-23(34)18-33-12-1-2-13-33/h3,6-11,15-17,23H,1-2,4-5,12-14,18-19H2,(H2,31,32)/t23-/m0/s1. The molecule has 2 aliphatic rings. The summed E-state index contributed by atoms with van der Waals surface area (Å²) in [5.74, 6) is 0.246. The molecule has 1 atom stereocenters. The highest BCUT2D eigenvalue weighted by atomic mass is 35.5. The molecule has 0 saturated carbocycles. The van der Waals surface area contributed by atoms with E-state index in [0.717, 1.165) is 17.7 Å². The number of anilines is 1. The number of hydrogen-bond donors (Lipinski definition) is 1. The normalized spacial score (nSPS) is 18.9. The lowest BCUT2D eigenvalue weighted by Crippen LogP contribution is -2.38. The van der Waals surface area contributed by atoms with Crippen LogP contribution in [0.15, 0.2) is 54.7 Å². The number of nitrogens with zero attached hydrogens (tertiary/aromatic N) is 3. The molecule has 2 saturated heterocycles. The van der Waals surface area contributed by atoms with Gasteiger partial charge in [0.05, 0.1) is 11.6 Å². The van der Waals surface area contributed by atoms with Crippen molar-refractivity contribution in [1.29, 1.82) is 0 Å². The first-order valence-corrected chi connectivity index (χ1v) is 12.7. The van der Waals surface area contributed by atoms with Crippen LogP contribution in [0, 0.1) is 12.4 Å². The van der Waals surface area contributed by atoms with Crippen LogP contribution in [0.5, 0.6) is 5.75 Å². The summed E-state index contributed by atoms with van der Waals surface area (Å²) in [6.07, 6.45) is 6.92. The van der Waals surface area contributed by atoms with E-state index in [2.05, 4.69) is 45.6 Å². The van der Waals surface area contributed by atoms with Gasteiger partial charge in [-0.2, -0.15) is 0 Å². The molecule has 0 spiro atoms. The molecule has 2 N–H and O–H groups in total. The molecule has 5 nitrogen and oxygen atoms in total. The minimum atomic E-state index is -0.410. The van der Waals surface area contributed by atoms with Gasteiger partial charge in [0.1, 0.15) is 12.4 Å². The molecule has 35 heavy (non-hydrogen) atoms. The molecule has 5 rings (SSSR count). The number of nitrogen functional groups attached to an aromatic ring is 1. The highest BCUT2D eigenvalue weighted by molar-refractivity contribution is 6.31. The predicted molar refractivity (Wildman–Crippen MR) is 139 cm³/mol. The van der Waals surface area contributed by atoms with Crippen molar-refractivity contribution in [2.75, 3.05) is 31.9 Å². The van der Waals surface area contributed by atoms with Crippen LogP contribution in [0.2, 0.25) is 5.02 Å². The fraction of sp³-hybridized carbons (Fsp3) is 0.357. The Kier molecular flexibility index (Phi) is 7.51. The zero-order valence-corrected chi connectivity index (χ0v) is 20.6. The van der Waals surface area contributed by atoms with Crippen LogP contribution in [-0.2, 0) is 6.61 Å². The molecule has 1 radical (unpaired) electrons. The van der Waals surface area contributed by atoms with Gasteiger partial charge in [0.25, 0.3) is 0 Å². The molecule has 1 aromatic heterocycles. The molecule has 0 aliphatic carbocycles. The zero-order chi connectivity index (χ0) is 24.2. The number of rotatable bonds is 8. The Morgan fingerprint density at radius 1 is 1.06 bits per heavy atom. The summed E-state index contributed by atoms with van der Waals surface area (Å²) in [5, 5.41) is 0.320. The van der Waals surface area contributed by atoms with E-state index in [9.17, 15) is 4.39 Å². The van der Waals surface area contributed by atoms with Gasteiger partial charge in [0, 0.05) is 29.9 Å². The molecule has 2 aliphatic heterocycles. The number of halogens is 2. The van der Waals surface area contributed by atoms with Gasteiger partial charge in [-0.1, -0.05) is 41.9 Å². The van der Waals surface area contributed by atoms with E-state index in [1.165, 1.54) is 56.9 Å². The van der Waals surface area contributed by atoms with Gasteiger partial charge in [-0.3, -0.25) is 4.90 Å². The molecule has 0 unspecified atom stereocenters.